The first-order valence-corrected chi connectivity index (χ1v) is 10.7. The minimum absolute atomic E-state index is 0.0947. The van der Waals surface area contributed by atoms with Crippen LogP contribution in [0.3, 0.4) is 0 Å². The van der Waals surface area contributed by atoms with Gasteiger partial charge in [-0.1, -0.05) is 36.4 Å². The lowest BCUT2D eigenvalue weighted by Gasteiger charge is -2.25. The standard InChI is InChI=1S/C26H23F4NO2/c27-20-12-7-18(8-13-20)24(32)23(15-16-5-10-19(11-6-16)26(28,29)30)31-25(33)22-14-9-17-3-1-2-4-21(17)22/h3,5-14,23-24,32H,1-2,4,15H2,(H,31,33). The lowest BCUT2D eigenvalue weighted by molar-refractivity contribution is -0.137. The Hall–Kier alpha value is -3.19. The number of carbonyl (C=O) groups is 1. The molecule has 0 saturated heterocycles. The Morgan fingerprint density at radius 2 is 1.73 bits per heavy atom. The molecule has 2 aromatic rings. The third-order valence-electron chi connectivity index (χ3n) is 5.99. The fraction of sp³-hybridized carbons (Fsp3) is 0.269. The van der Waals surface area contributed by atoms with Crippen LogP contribution in [0.15, 0.2) is 83.5 Å². The summed E-state index contributed by atoms with van der Waals surface area (Å²) in [4.78, 5) is 13.1. The molecule has 0 heterocycles. The average Bonchev–Trinajstić information content (AvgIpc) is 3.23. The van der Waals surface area contributed by atoms with E-state index in [0.717, 1.165) is 42.5 Å². The molecule has 2 N–H and O–H groups in total. The van der Waals surface area contributed by atoms with Gasteiger partial charge >= 0.3 is 6.18 Å². The van der Waals surface area contributed by atoms with Crippen LogP contribution in [-0.4, -0.2) is 17.1 Å². The van der Waals surface area contributed by atoms with E-state index in [2.05, 4.69) is 11.4 Å². The highest BCUT2D eigenvalue weighted by Gasteiger charge is 2.31. The Balaban J connectivity index is 1.59. The number of allylic oxidation sites excluding steroid dienone is 4. The molecule has 33 heavy (non-hydrogen) atoms. The molecule has 2 aromatic carbocycles. The number of hydrogen-bond acceptors (Lipinski definition) is 2. The van der Waals surface area contributed by atoms with Crippen molar-refractivity contribution in [2.24, 2.45) is 0 Å². The average molecular weight is 457 g/mol. The Kier molecular flexibility index (Phi) is 6.51. The van der Waals surface area contributed by atoms with Crippen molar-refractivity contribution in [3.05, 3.63) is 106 Å². The largest absolute Gasteiger partial charge is 0.416 e. The van der Waals surface area contributed by atoms with Gasteiger partial charge in [-0.05, 0) is 78.3 Å². The van der Waals surface area contributed by atoms with E-state index < -0.39 is 29.7 Å². The summed E-state index contributed by atoms with van der Waals surface area (Å²) >= 11 is 0. The van der Waals surface area contributed by atoms with Crippen LogP contribution in [0.4, 0.5) is 17.6 Å². The van der Waals surface area contributed by atoms with E-state index in [1.165, 1.54) is 36.4 Å². The van der Waals surface area contributed by atoms with E-state index in [0.29, 0.717) is 16.7 Å². The van der Waals surface area contributed by atoms with Crippen LogP contribution in [0.5, 0.6) is 0 Å². The highest BCUT2D eigenvalue weighted by Crippen LogP contribution is 2.34. The monoisotopic (exact) mass is 457 g/mol. The van der Waals surface area contributed by atoms with Crippen LogP contribution in [0.1, 0.15) is 42.1 Å². The van der Waals surface area contributed by atoms with Gasteiger partial charge in [0.1, 0.15) is 5.82 Å². The first kappa shape index (κ1) is 23.0. The van der Waals surface area contributed by atoms with Crippen molar-refractivity contribution in [1.29, 1.82) is 0 Å². The van der Waals surface area contributed by atoms with Gasteiger partial charge in [-0.3, -0.25) is 4.79 Å². The highest BCUT2D eigenvalue weighted by atomic mass is 19.4. The summed E-state index contributed by atoms with van der Waals surface area (Å²) in [5, 5.41) is 13.8. The number of aliphatic hydroxyl groups is 1. The molecule has 0 fully saturated rings. The highest BCUT2D eigenvalue weighted by molar-refractivity contribution is 5.99. The molecular weight excluding hydrogens is 434 g/mol. The van der Waals surface area contributed by atoms with E-state index >= 15 is 0 Å². The molecule has 0 spiro atoms. The van der Waals surface area contributed by atoms with Crippen LogP contribution in [0.2, 0.25) is 0 Å². The van der Waals surface area contributed by atoms with Crippen molar-refractivity contribution >= 4 is 5.91 Å². The van der Waals surface area contributed by atoms with E-state index in [1.807, 2.05) is 6.08 Å². The number of amides is 1. The number of nitrogens with one attached hydrogen (secondary N) is 1. The summed E-state index contributed by atoms with van der Waals surface area (Å²) in [5.41, 5.74) is 2.67. The van der Waals surface area contributed by atoms with Crippen LogP contribution in [0, 0.1) is 5.82 Å². The molecule has 4 rings (SSSR count). The molecule has 3 nitrogen and oxygen atoms in total. The first-order valence-electron chi connectivity index (χ1n) is 10.7. The molecule has 0 bridgehead atoms. The second-order valence-electron chi connectivity index (χ2n) is 8.25. The maximum Gasteiger partial charge on any atom is 0.416 e. The number of benzene rings is 2. The van der Waals surface area contributed by atoms with Gasteiger partial charge in [0.2, 0.25) is 0 Å². The third-order valence-corrected chi connectivity index (χ3v) is 5.99. The Morgan fingerprint density at radius 3 is 2.39 bits per heavy atom. The second kappa shape index (κ2) is 9.35. The number of alkyl halides is 3. The number of aliphatic hydroxyl groups excluding tert-OH is 1. The minimum atomic E-state index is -4.45. The van der Waals surface area contributed by atoms with Crippen molar-refractivity contribution in [2.75, 3.05) is 0 Å². The first-order chi connectivity index (χ1) is 15.7. The maximum absolute atomic E-state index is 13.3. The Morgan fingerprint density at radius 1 is 1.03 bits per heavy atom. The number of fused-ring (bicyclic) bond motifs is 1. The molecule has 2 aliphatic rings. The van der Waals surface area contributed by atoms with Gasteiger partial charge in [-0.25, -0.2) is 4.39 Å². The van der Waals surface area contributed by atoms with E-state index in [1.54, 1.807) is 6.08 Å². The molecule has 1 amide bonds. The molecule has 0 aliphatic heterocycles. The number of halogens is 4. The zero-order chi connectivity index (χ0) is 23.6. The Bertz CT molecular complexity index is 1110. The van der Waals surface area contributed by atoms with E-state index in [9.17, 15) is 27.5 Å². The van der Waals surface area contributed by atoms with Gasteiger partial charge in [-0.2, -0.15) is 13.2 Å². The zero-order valence-electron chi connectivity index (χ0n) is 17.7. The SMILES string of the molecule is O=C(NC(Cc1ccc(C(F)(F)F)cc1)C(O)c1ccc(F)cc1)C1=C2CCCC=C2C=C1. The van der Waals surface area contributed by atoms with Crippen molar-refractivity contribution in [1.82, 2.24) is 5.32 Å². The maximum atomic E-state index is 13.3. The van der Waals surface area contributed by atoms with Gasteiger partial charge < -0.3 is 10.4 Å². The smallest absolute Gasteiger partial charge is 0.386 e. The second-order valence-corrected chi connectivity index (χ2v) is 8.25. The van der Waals surface area contributed by atoms with Crippen molar-refractivity contribution in [3.8, 4) is 0 Å². The lowest BCUT2D eigenvalue weighted by atomic mass is 9.92. The summed E-state index contributed by atoms with van der Waals surface area (Å²) in [5.74, 6) is -0.821. The van der Waals surface area contributed by atoms with Crippen LogP contribution < -0.4 is 5.32 Å². The fourth-order valence-electron chi connectivity index (χ4n) is 4.21. The lowest BCUT2D eigenvalue weighted by Crippen LogP contribution is -2.41. The van der Waals surface area contributed by atoms with Crippen molar-refractivity contribution < 1.29 is 27.5 Å². The molecule has 0 saturated carbocycles. The third kappa shape index (κ3) is 5.25. The minimum Gasteiger partial charge on any atom is -0.386 e. The molecule has 2 atom stereocenters. The number of carbonyl (C=O) groups excluding carboxylic acids is 1. The predicted octanol–water partition coefficient (Wildman–Crippen LogP) is 5.58. The molecule has 0 aromatic heterocycles. The predicted molar refractivity (Wildman–Crippen MR) is 117 cm³/mol. The van der Waals surface area contributed by atoms with Crippen LogP contribution >= 0.6 is 0 Å². The summed E-state index contributed by atoms with van der Waals surface area (Å²) in [6, 6.07) is 9.04. The van der Waals surface area contributed by atoms with Gasteiger partial charge in [0.05, 0.1) is 17.7 Å². The molecule has 0 radical (unpaired) electrons. The van der Waals surface area contributed by atoms with Crippen LogP contribution in [0.25, 0.3) is 0 Å². The van der Waals surface area contributed by atoms with Gasteiger partial charge in [0.15, 0.2) is 0 Å². The fourth-order valence-corrected chi connectivity index (χ4v) is 4.21. The molecule has 7 heteroatoms. The quantitative estimate of drug-likeness (QED) is 0.557. The number of hydrogen-bond donors (Lipinski definition) is 2. The van der Waals surface area contributed by atoms with Crippen molar-refractivity contribution in [3.63, 3.8) is 0 Å². The van der Waals surface area contributed by atoms with Gasteiger partial charge in [0.25, 0.3) is 5.91 Å². The zero-order valence-corrected chi connectivity index (χ0v) is 17.7. The van der Waals surface area contributed by atoms with Crippen molar-refractivity contribution in [2.45, 2.75) is 44.0 Å². The van der Waals surface area contributed by atoms with Gasteiger partial charge in [-0.15, -0.1) is 0 Å². The number of rotatable bonds is 6. The van der Waals surface area contributed by atoms with Gasteiger partial charge in [0, 0.05) is 5.57 Å². The Labute approximate surface area is 189 Å². The topological polar surface area (TPSA) is 49.3 Å². The van der Waals surface area contributed by atoms with E-state index in [4.69, 9.17) is 0 Å². The van der Waals surface area contributed by atoms with E-state index in [-0.39, 0.29) is 12.3 Å². The summed E-state index contributed by atoms with van der Waals surface area (Å²) in [7, 11) is 0. The van der Waals surface area contributed by atoms with Crippen LogP contribution in [-0.2, 0) is 17.4 Å². The summed E-state index contributed by atoms with van der Waals surface area (Å²) in [6.45, 7) is 0. The summed E-state index contributed by atoms with van der Waals surface area (Å²) < 4.78 is 52.0. The molecular formula is C26H23F4NO2. The molecule has 2 unspecified atom stereocenters. The molecule has 172 valence electrons. The summed E-state index contributed by atoms with van der Waals surface area (Å²) in [6.07, 6.45) is 2.88. The normalized spacial score (nSPS) is 17.4. The molecule has 2 aliphatic carbocycles.